The molecule has 0 radical (unpaired) electrons. The molecule has 2 N–H and O–H groups in total. The summed E-state index contributed by atoms with van der Waals surface area (Å²) in [5.41, 5.74) is 5.48. The maximum absolute atomic E-state index is 12.8. The first-order valence-corrected chi connectivity index (χ1v) is 9.25. The number of carbonyl (C=O) groups is 1. The molecule has 26 heavy (non-hydrogen) atoms. The van der Waals surface area contributed by atoms with Gasteiger partial charge in [0.15, 0.2) is 6.10 Å². The Balaban J connectivity index is 1.74. The maximum atomic E-state index is 12.8. The molecular formula is C19H19BrF3NO2. The number of primary amides is 1. The van der Waals surface area contributed by atoms with E-state index in [0.29, 0.717) is 5.75 Å². The van der Waals surface area contributed by atoms with Crippen molar-refractivity contribution in [1.29, 1.82) is 0 Å². The largest absolute Gasteiger partial charge is 0.480 e. The van der Waals surface area contributed by atoms with E-state index < -0.39 is 24.1 Å². The Morgan fingerprint density at radius 3 is 2.35 bits per heavy atom. The Bertz CT molecular complexity index is 801. The zero-order valence-electron chi connectivity index (χ0n) is 13.9. The number of carbonyl (C=O) groups excluding carboxylic acids is 1. The van der Waals surface area contributed by atoms with Gasteiger partial charge in [0.2, 0.25) is 0 Å². The van der Waals surface area contributed by atoms with Crippen molar-refractivity contribution in [3.8, 4) is 5.75 Å². The molecule has 0 aromatic heterocycles. The van der Waals surface area contributed by atoms with Gasteiger partial charge in [0.05, 0.1) is 5.92 Å². The monoisotopic (exact) mass is 429 g/mol. The van der Waals surface area contributed by atoms with E-state index in [4.69, 9.17) is 10.5 Å². The van der Waals surface area contributed by atoms with Crippen LogP contribution in [0.4, 0.5) is 13.2 Å². The molecule has 140 valence electrons. The Kier molecular flexibility index (Phi) is 5.46. The normalized spacial score (nSPS) is 22.2. The van der Waals surface area contributed by atoms with Gasteiger partial charge in [-0.3, -0.25) is 4.79 Å². The summed E-state index contributed by atoms with van der Waals surface area (Å²) in [5.74, 6) is -1.76. The molecule has 2 aromatic rings. The predicted molar refractivity (Wildman–Crippen MR) is 96.8 cm³/mol. The Morgan fingerprint density at radius 1 is 1.08 bits per heavy atom. The summed E-state index contributed by atoms with van der Waals surface area (Å²) in [5, 5.41) is 1.95. The molecule has 3 nitrogen and oxygen atoms in total. The molecule has 2 aromatic carbocycles. The number of alkyl halides is 3. The van der Waals surface area contributed by atoms with E-state index in [9.17, 15) is 18.0 Å². The molecule has 1 atom stereocenters. The molecule has 1 unspecified atom stereocenters. The van der Waals surface area contributed by atoms with E-state index in [1.54, 1.807) is 12.1 Å². The Hall–Kier alpha value is -1.76. The number of hydrogen-bond donors (Lipinski definition) is 1. The van der Waals surface area contributed by atoms with Crippen LogP contribution in [0.5, 0.6) is 5.75 Å². The third-order valence-electron chi connectivity index (χ3n) is 4.98. The van der Waals surface area contributed by atoms with E-state index in [-0.39, 0.29) is 31.6 Å². The molecule has 1 fully saturated rings. The van der Waals surface area contributed by atoms with Gasteiger partial charge in [0.25, 0.3) is 5.91 Å². The smallest absolute Gasteiger partial charge is 0.391 e. The van der Waals surface area contributed by atoms with E-state index in [0.717, 1.165) is 15.2 Å². The summed E-state index contributed by atoms with van der Waals surface area (Å²) in [7, 11) is 0. The van der Waals surface area contributed by atoms with Crippen LogP contribution in [0.25, 0.3) is 10.8 Å². The van der Waals surface area contributed by atoms with Crippen LogP contribution in [0.2, 0.25) is 0 Å². The molecule has 0 heterocycles. The predicted octanol–water partition coefficient (Wildman–Crippen LogP) is 5.20. The van der Waals surface area contributed by atoms with E-state index in [1.807, 2.05) is 24.3 Å². The lowest BCUT2D eigenvalue weighted by Gasteiger charge is -2.33. The van der Waals surface area contributed by atoms with Crippen molar-refractivity contribution >= 4 is 32.6 Å². The van der Waals surface area contributed by atoms with Gasteiger partial charge in [0, 0.05) is 10.4 Å². The summed E-state index contributed by atoms with van der Waals surface area (Å²) in [4.78, 5) is 11.9. The fourth-order valence-electron chi connectivity index (χ4n) is 3.55. The lowest BCUT2D eigenvalue weighted by Crippen LogP contribution is -2.42. The second-order valence-corrected chi connectivity index (χ2v) is 7.66. The van der Waals surface area contributed by atoms with Gasteiger partial charge >= 0.3 is 6.18 Å². The Morgan fingerprint density at radius 2 is 1.73 bits per heavy atom. The molecule has 0 aliphatic heterocycles. The minimum atomic E-state index is -4.18. The zero-order chi connectivity index (χ0) is 18.9. The third kappa shape index (κ3) is 4.31. The minimum Gasteiger partial charge on any atom is -0.480 e. The van der Waals surface area contributed by atoms with Gasteiger partial charge in [-0.1, -0.05) is 28.1 Å². The van der Waals surface area contributed by atoms with Crippen molar-refractivity contribution in [2.45, 2.75) is 38.0 Å². The van der Waals surface area contributed by atoms with Gasteiger partial charge in [-0.25, -0.2) is 0 Å². The topological polar surface area (TPSA) is 52.3 Å². The maximum Gasteiger partial charge on any atom is 0.391 e. The number of fused-ring (bicyclic) bond motifs is 1. The van der Waals surface area contributed by atoms with Crippen LogP contribution in [0.3, 0.4) is 0 Å². The van der Waals surface area contributed by atoms with Crippen LogP contribution in [-0.4, -0.2) is 18.2 Å². The van der Waals surface area contributed by atoms with Crippen molar-refractivity contribution in [2.75, 3.05) is 0 Å². The lowest BCUT2D eigenvalue weighted by atomic mass is 9.79. The standard InChI is InChI=1S/C19H19BrF3NO2/c20-15-7-3-11-4-8-16(10-13(11)9-15)26-17(18(24)25)12-1-5-14(6-2-12)19(21,22)23/h3-4,7-10,12,14,17H,1-2,5-6H2,(H2,24,25). The molecule has 0 bridgehead atoms. The molecule has 1 aliphatic carbocycles. The highest BCUT2D eigenvalue weighted by atomic mass is 79.9. The van der Waals surface area contributed by atoms with Crippen molar-refractivity contribution in [2.24, 2.45) is 17.6 Å². The molecule has 1 saturated carbocycles. The van der Waals surface area contributed by atoms with Crippen LogP contribution in [-0.2, 0) is 4.79 Å². The number of rotatable bonds is 4. The number of ether oxygens (including phenoxy) is 1. The number of hydrogen-bond acceptors (Lipinski definition) is 2. The molecule has 1 amide bonds. The van der Waals surface area contributed by atoms with Gasteiger partial charge in [-0.2, -0.15) is 13.2 Å². The van der Waals surface area contributed by atoms with Gasteiger partial charge in [-0.05, 0) is 60.7 Å². The number of amides is 1. The quantitative estimate of drug-likeness (QED) is 0.725. The highest BCUT2D eigenvalue weighted by Gasteiger charge is 2.43. The fraction of sp³-hybridized carbons (Fsp3) is 0.421. The molecular weight excluding hydrogens is 411 g/mol. The summed E-state index contributed by atoms with van der Waals surface area (Å²) in [6.45, 7) is 0. The average molecular weight is 430 g/mol. The lowest BCUT2D eigenvalue weighted by molar-refractivity contribution is -0.185. The first kappa shape index (κ1) is 19.0. The van der Waals surface area contributed by atoms with Gasteiger partial charge in [-0.15, -0.1) is 0 Å². The van der Waals surface area contributed by atoms with E-state index in [2.05, 4.69) is 15.9 Å². The fourth-order valence-corrected chi connectivity index (χ4v) is 3.93. The minimum absolute atomic E-state index is 0.00593. The Labute approximate surface area is 157 Å². The van der Waals surface area contributed by atoms with Crippen molar-refractivity contribution in [3.63, 3.8) is 0 Å². The number of nitrogens with two attached hydrogens (primary N) is 1. The first-order chi connectivity index (χ1) is 12.2. The van der Waals surface area contributed by atoms with Crippen LogP contribution in [0.15, 0.2) is 40.9 Å². The summed E-state index contributed by atoms with van der Waals surface area (Å²) in [6.07, 6.45) is -4.54. The van der Waals surface area contributed by atoms with Crippen LogP contribution < -0.4 is 10.5 Å². The van der Waals surface area contributed by atoms with E-state index >= 15 is 0 Å². The highest BCUT2D eigenvalue weighted by molar-refractivity contribution is 9.10. The summed E-state index contributed by atoms with van der Waals surface area (Å²) >= 11 is 3.41. The third-order valence-corrected chi connectivity index (χ3v) is 5.47. The molecule has 1 aliphatic rings. The average Bonchev–Trinajstić information content (AvgIpc) is 2.58. The number of benzene rings is 2. The van der Waals surface area contributed by atoms with Gasteiger partial charge < -0.3 is 10.5 Å². The van der Waals surface area contributed by atoms with E-state index in [1.165, 1.54) is 0 Å². The molecule has 0 spiro atoms. The molecule has 0 saturated heterocycles. The van der Waals surface area contributed by atoms with Crippen molar-refractivity contribution in [3.05, 3.63) is 40.9 Å². The van der Waals surface area contributed by atoms with Gasteiger partial charge in [0.1, 0.15) is 5.75 Å². The second kappa shape index (κ2) is 7.47. The summed E-state index contributed by atoms with van der Waals surface area (Å²) in [6, 6.07) is 11.2. The van der Waals surface area contributed by atoms with Crippen molar-refractivity contribution < 1.29 is 22.7 Å². The number of halogens is 4. The molecule has 7 heteroatoms. The summed E-state index contributed by atoms with van der Waals surface area (Å²) < 4.78 is 45.2. The van der Waals surface area contributed by atoms with Crippen LogP contribution in [0, 0.1) is 11.8 Å². The van der Waals surface area contributed by atoms with Crippen molar-refractivity contribution in [1.82, 2.24) is 0 Å². The zero-order valence-corrected chi connectivity index (χ0v) is 15.5. The van der Waals surface area contributed by atoms with Crippen LogP contribution in [0.1, 0.15) is 25.7 Å². The molecule has 3 rings (SSSR count). The SMILES string of the molecule is NC(=O)C(Oc1ccc2ccc(Br)cc2c1)C1CCC(C(F)(F)F)CC1. The van der Waals surface area contributed by atoms with Crippen LogP contribution >= 0.6 is 15.9 Å². The highest BCUT2D eigenvalue weighted by Crippen LogP contribution is 2.41. The first-order valence-electron chi connectivity index (χ1n) is 8.46. The second-order valence-electron chi connectivity index (χ2n) is 6.75.